The van der Waals surface area contributed by atoms with Crippen molar-refractivity contribution in [1.29, 1.82) is 0 Å². The predicted octanol–water partition coefficient (Wildman–Crippen LogP) is 1.98. The minimum Gasteiger partial charge on any atom is -0.400 e. The maximum absolute atomic E-state index is 10.3. The van der Waals surface area contributed by atoms with E-state index >= 15 is 0 Å². The minimum absolute atomic E-state index is 0.258. The van der Waals surface area contributed by atoms with Gasteiger partial charge in [0.2, 0.25) is 0 Å². The number of hydrogen-bond donors (Lipinski definition) is 1. The van der Waals surface area contributed by atoms with Gasteiger partial charge in [-0.05, 0) is 12.5 Å². The van der Waals surface area contributed by atoms with E-state index in [4.69, 9.17) is 10.2 Å². The average molecular weight is 256 g/mol. The fraction of sp³-hybridized carbons (Fsp3) is 0.333. The summed E-state index contributed by atoms with van der Waals surface area (Å²) in [7, 11) is 0. The molecule has 0 spiro atoms. The number of furan rings is 1. The molecule has 1 aromatic rings. The summed E-state index contributed by atoms with van der Waals surface area (Å²) in [6.07, 6.45) is 2.27. The molecule has 0 atom stereocenters. The van der Waals surface area contributed by atoms with Crippen molar-refractivity contribution in [3.63, 3.8) is 0 Å². The summed E-state index contributed by atoms with van der Waals surface area (Å²) in [6, 6.07) is 2.69. The average Bonchev–Trinajstić information content (AvgIpc) is 2.75. The van der Waals surface area contributed by atoms with Crippen LogP contribution in [0.25, 0.3) is 0 Å². The second-order valence-corrected chi connectivity index (χ2v) is 4.08. The van der Waals surface area contributed by atoms with Gasteiger partial charge < -0.3 is 10.2 Å². The number of amidine groups is 1. The number of thioether (sulfide) groups is 1. The van der Waals surface area contributed by atoms with Crippen molar-refractivity contribution in [3.8, 4) is 0 Å². The highest BCUT2D eigenvalue weighted by Gasteiger charge is 2.09. The van der Waals surface area contributed by atoms with E-state index in [2.05, 4.69) is 10.2 Å². The van der Waals surface area contributed by atoms with Crippen LogP contribution in [0, 0.1) is 10.1 Å². The first-order valence-corrected chi connectivity index (χ1v) is 5.85. The largest absolute Gasteiger partial charge is 0.433 e. The lowest BCUT2D eigenvalue weighted by atomic mass is 10.5. The lowest BCUT2D eigenvalue weighted by Gasteiger charge is -1.93. The van der Waals surface area contributed by atoms with Crippen molar-refractivity contribution in [3.05, 3.63) is 28.0 Å². The van der Waals surface area contributed by atoms with E-state index in [1.54, 1.807) is 0 Å². The predicted molar refractivity (Wildman–Crippen MR) is 67.3 cm³/mol. The highest BCUT2D eigenvalue weighted by Crippen LogP contribution is 2.13. The molecule has 0 unspecified atom stereocenters. The van der Waals surface area contributed by atoms with Gasteiger partial charge in [0.25, 0.3) is 0 Å². The zero-order valence-corrected chi connectivity index (χ0v) is 10.0. The van der Waals surface area contributed by atoms with Crippen LogP contribution in [0.4, 0.5) is 5.88 Å². The number of nitro groups is 1. The van der Waals surface area contributed by atoms with Crippen molar-refractivity contribution < 1.29 is 9.34 Å². The minimum atomic E-state index is -0.619. The van der Waals surface area contributed by atoms with Crippen molar-refractivity contribution in [2.24, 2.45) is 15.9 Å². The van der Waals surface area contributed by atoms with E-state index in [0.29, 0.717) is 5.17 Å². The summed E-state index contributed by atoms with van der Waals surface area (Å²) < 4.78 is 4.84. The standard InChI is InChI=1S/C9H12N4O3S/c1-2-5-17-9(10)12-11-6-7-3-4-8(16-7)13(14)15/h3-4,6H,2,5H2,1H3,(H2,10,12)/b11-6-. The molecule has 2 N–H and O–H groups in total. The molecule has 0 aromatic carbocycles. The molecule has 0 saturated carbocycles. The molecule has 0 radical (unpaired) electrons. The molecule has 0 aliphatic carbocycles. The Kier molecular flexibility index (Phi) is 5.21. The molecule has 17 heavy (non-hydrogen) atoms. The molecule has 0 amide bonds. The highest BCUT2D eigenvalue weighted by atomic mass is 32.2. The van der Waals surface area contributed by atoms with Crippen molar-refractivity contribution in [2.45, 2.75) is 13.3 Å². The SMILES string of the molecule is CCCSC(N)=N/N=C\c1ccc([N+](=O)[O-])o1. The second-order valence-electron chi connectivity index (χ2n) is 2.96. The Labute approximate surface area is 102 Å². The molecule has 0 aliphatic rings. The summed E-state index contributed by atoms with van der Waals surface area (Å²) in [5.74, 6) is 0.800. The Balaban J connectivity index is 2.55. The topological polar surface area (TPSA) is 107 Å². The molecule has 8 heteroatoms. The first-order chi connectivity index (χ1) is 8.13. The van der Waals surface area contributed by atoms with Crippen LogP contribution in [-0.2, 0) is 0 Å². The molecular weight excluding hydrogens is 244 g/mol. The lowest BCUT2D eigenvalue weighted by molar-refractivity contribution is -0.402. The second kappa shape index (κ2) is 6.69. The van der Waals surface area contributed by atoms with Gasteiger partial charge in [0, 0.05) is 5.75 Å². The molecule has 1 heterocycles. The van der Waals surface area contributed by atoms with Crippen LogP contribution < -0.4 is 5.73 Å². The van der Waals surface area contributed by atoms with E-state index < -0.39 is 4.92 Å². The van der Waals surface area contributed by atoms with Crippen LogP contribution in [0.3, 0.4) is 0 Å². The van der Waals surface area contributed by atoms with E-state index in [1.807, 2.05) is 6.92 Å². The summed E-state index contributed by atoms with van der Waals surface area (Å²) >= 11 is 1.40. The van der Waals surface area contributed by atoms with Gasteiger partial charge >= 0.3 is 5.88 Å². The molecule has 1 aromatic heterocycles. The Morgan fingerprint density at radius 3 is 3.06 bits per heavy atom. The van der Waals surface area contributed by atoms with Crippen LogP contribution in [0.2, 0.25) is 0 Å². The number of nitrogens with two attached hydrogens (primary N) is 1. The van der Waals surface area contributed by atoms with Crippen LogP contribution in [-0.4, -0.2) is 22.1 Å². The zero-order valence-electron chi connectivity index (χ0n) is 9.20. The first-order valence-electron chi connectivity index (χ1n) is 4.87. The number of rotatable bonds is 5. The third-order valence-corrected chi connectivity index (χ3v) is 2.58. The molecule has 92 valence electrons. The fourth-order valence-electron chi connectivity index (χ4n) is 0.888. The normalized spacial score (nSPS) is 12.2. The summed E-state index contributed by atoms with van der Waals surface area (Å²) in [4.78, 5) is 9.71. The number of nitrogens with zero attached hydrogens (tertiary/aromatic N) is 3. The van der Waals surface area contributed by atoms with Gasteiger partial charge in [-0.15, -0.1) is 5.10 Å². The maximum Gasteiger partial charge on any atom is 0.433 e. The van der Waals surface area contributed by atoms with E-state index in [0.717, 1.165) is 12.2 Å². The smallest absolute Gasteiger partial charge is 0.400 e. The van der Waals surface area contributed by atoms with E-state index in [-0.39, 0.29) is 11.6 Å². The summed E-state index contributed by atoms with van der Waals surface area (Å²) in [5, 5.41) is 18.1. The van der Waals surface area contributed by atoms with E-state index in [9.17, 15) is 10.1 Å². The van der Waals surface area contributed by atoms with Gasteiger partial charge in [-0.1, -0.05) is 18.7 Å². The fourth-order valence-corrected chi connectivity index (χ4v) is 1.41. The monoisotopic (exact) mass is 256 g/mol. The van der Waals surface area contributed by atoms with Crippen LogP contribution in [0.5, 0.6) is 0 Å². The van der Waals surface area contributed by atoms with Gasteiger partial charge in [-0.2, -0.15) is 5.10 Å². The van der Waals surface area contributed by atoms with E-state index in [1.165, 1.54) is 30.1 Å². The molecule has 0 fully saturated rings. The molecule has 7 nitrogen and oxygen atoms in total. The Bertz CT molecular complexity index is 441. The zero-order chi connectivity index (χ0) is 12.7. The molecule has 0 aliphatic heterocycles. The third-order valence-electron chi connectivity index (χ3n) is 1.59. The van der Waals surface area contributed by atoms with Gasteiger partial charge in [0.05, 0.1) is 12.3 Å². The molecular formula is C9H12N4O3S. The van der Waals surface area contributed by atoms with Crippen molar-refractivity contribution >= 4 is 29.0 Å². The van der Waals surface area contributed by atoms with Gasteiger partial charge in [0.1, 0.15) is 4.92 Å². The number of hydrogen-bond acceptors (Lipinski definition) is 6. The van der Waals surface area contributed by atoms with Crippen molar-refractivity contribution in [1.82, 2.24) is 0 Å². The first kappa shape index (κ1) is 13.2. The van der Waals surface area contributed by atoms with Crippen LogP contribution in [0.1, 0.15) is 19.1 Å². The lowest BCUT2D eigenvalue weighted by Crippen LogP contribution is -2.06. The van der Waals surface area contributed by atoms with Gasteiger partial charge in [-0.3, -0.25) is 10.1 Å². The Morgan fingerprint density at radius 2 is 2.47 bits per heavy atom. The molecule has 1 rings (SSSR count). The van der Waals surface area contributed by atoms with Crippen LogP contribution in [0.15, 0.2) is 26.8 Å². The maximum atomic E-state index is 10.3. The summed E-state index contributed by atoms with van der Waals surface area (Å²) in [5.41, 5.74) is 5.54. The summed E-state index contributed by atoms with van der Waals surface area (Å²) in [6.45, 7) is 2.03. The van der Waals surface area contributed by atoms with Gasteiger partial charge in [0.15, 0.2) is 10.9 Å². The quantitative estimate of drug-likeness (QED) is 0.375. The van der Waals surface area contributed by atoms with Crippen LogP contribution >= 0.6 is 11.8 Å². The third kappa shape index (κ3) is 4.68. The Morgan fingerprint density at radius 1 is 1.71 bits per heavy atom. The molecule has 0 bridgehead atoms. The Hall–Kier alpha value is -1.83. The van der Waals surface area contributed by atoms with Gasteiger partial charge in [-0.25, -0.2) is 0 Å². The highest BCUT2D eigenvalue weighted by molar-refractivity contribution is 8.13. The van der Waals surface area contributed by atoms with Crippen molar-refractivity contribution in [2.75, 3.05) is 5.75 Å². The molecule has 0 saturated heterocycles.